The topological polar surface area (TPSA) is 108 Å². The molecule has 10 heteroatoms. The molecule has 0 radical (unpaired) electrons. The molecule has 7 nitrogen and oxygen atoms in total. The Balaban J connectivity index is 1.49. The lowest BCUT2D eigenvalue weighted by Gasteiger charge is -2.11. The molecule has 1 heterocycles. The second-order valence-corrected chi connectivity index (χ2v) is 11.7. The Kier molecular flexibility index (Phi) is 10.6. The van der Waals surface area contributed by atoms with Crippen LogP contribution in [0.2, 0.25) is 0 Å². The Morgan fingerprint density at radius 1 is 0.725 bits per heavy atom. The standard InChI is InChI=1S/C30H27N5O2S3/c1-20-8-12-23(13-9-20)32-26(36)18-39-29-25(16-31)28(38-17-22-6-4-3-5-7-22)34-30(35-29)40-19-27(37)33-24-14-10-21(2)11-15-24/h3-15H,17-19H2,1-2H3,(H,32,36)(H,33,37). The van der Waals surface area contributed by atoms with Gasteiger partial charge < -0.3 is 10.6 Å². The summed E-state index contributed by atoms with van der Waals surface area (Å²) in [6.07, 6.45) is 0. The second-order valence-electron chi connectivity index (χ2n) is 8.78. The molecule has 4 aromatic rings. The van der Waals surface area contributed by atoms with E-state index in [1.807, 2.05) is 92.7 Å². The van der Waals surface area contributed by atoms with Gasteiger partial charge in [-0.25, -0.2) is 9.97 Å². The molecule has 202 valence electrons. The third kappa shape index (κ3) is 8.88. The van der Waals surface area contributed by atoms with Gasteiger partial charge in [-0.3, -0.25) is 9.59 Å². The number of anilines is 2. The number of hydrogen-bond acceptors (Lipinski definition) is 8. The fourth-order valence-electron chi connectivity index (χ4n) is 3.43. The Morgan fingerprint density at radius 2 is 1.23 bits per heavy atom. The number of carbonyl (C=O) groups is 2. The highest BCUT2D eigenvalue weighted by atomic mass is 32.2. The summed E-state index contributed by atoms with van der Waals surface area (Å²) in [4.78, 5) is 34.4. The van der Waals surface area contributed by atoms with E-state index in [1.54, 1.807) is 0 Å². The van der Waals surface area contributed by atoms with E-state index >= 15 is 0 Å². The number of aromatic nitrogens is 2. The average Bonchev–Trinajstić information content (AvgIpc) is 2.96. The molecule has 4 rings (SSSR count). The van der Waals surface area contributed by atoms with Gasteiger partial charge in [0.15, 0.2) is 5.16 Å². The number of amides is 2. The second kappa shape index (κ2) is 14.6. The minimum Gasteiger partial charge on any atom is -0.325 e. The summed E-state index contributed by atoms with van der Waals surface area (Å²) in [5, 5.41) is 17.0. The monoisotopic (exact) mass is 585 g/mol. The Labute approximate surface area is 246 Å². The van der Waals surface area contributed by atoms with Gasteiger partial charge in [-0.15, -0.1) is 11.8 Å². The third-order valence-corrected chi connectivity index (χ3v) is 8.36. The number of nitriles is 1. The summed E-state index contributed by atoms with van der Waals surface area (Å²) in [6.45, 7) is 3.97. The van der Waals surface area contributed by atoms with E-state index in [-0.39, 0.29) is 23.3 Å². The molecule has 0 saturated heterocycles. The van der Waals surface area contributed by atoms with Crippen molar-refractivity contribution in [1.82, 2.24) is 9.97 Å². The average molecular weight is 586 g/mol. The van der Waals surface area contributed by atoms with Crippen LogP contribution in [0.5, 0.6) is 0 Å². The zero-order valence-electron chi connectivity index (χ0n) is 22.0. The minimum atomic E-state index is -0.207. The van der Waals surface area contributed by atoms with Crippen LogP contribution in [0.1, 0.15) is 22.3 Å². The lowest BCUT2D eigenvalue weighted by Crippen LogP contribution is -2.15. The van der Waals surface area contributed by atoms with Gasteiger partial charge in [0, 0.05) is 17.1 Å². The minimum absolute atomic E-state index is 0.0698. The SMILES string of the molecule is Cc1ccc(NC(=O)CSc2nc(SCC(=O)Nc3ccc(C)cc3)c(C#N)c(SCc3ccccc3)n2)cc1. The Morgan fingerprint density at radius 3 is 1.75 bits per heavy atom. The van der Waals surface area contributed by atoms with E-state index in [0.29, 0.717) is 37.9 Å². The quantitative estimate of drug-likeness (QED) is 0.113. The number of nitrogens with one attached hydrogen (secondary N) is 2. The van der Waals surface area contributed by atoms with Crippen LogP contribution in [0.4, 0.5) is 11.4 Å². The van der Waals surface area contributed by atoms with Gasteiger partial charge in [0.05, 0.1) is 11.5 Å². The molecule has 0 aliphatic heterocycles. The van der Waals surface area contributed by atoms with Crippen LogP contribution in [0.25, 0.3) is 0 Å². The molecule has 1 aromatic heterocycles. The van der Waals surface area contributed by atoms with Crippen molar-refractivity contribution < 1.29 is 9.59 Å². The maximum absolute atomic E-state index is 12.6. The van der Waals surface area contributed by atoms with Crippen molar-refractivity contribution in [2.45, 2.75) is 34.8 Å². The first-order chi connectivity index (χ1) is 19.4. The normalized spacial score (nSPS) is 10.5. The van der Waals surface area contributed by atoms with Gasteiger partial charge in [-0.2, -0.15) is 5.26 Å². The predicted octanol–water partition coefficient (Wildman–Crippen LogP) is 6.72. The zero-order valence-corrected chi connectivity index (χ0v) is 24.5. The Hall–Kier alpha value is -3.78. The van der Waals surface area contributed by atoms with Crippen molar-refractivity contribution >= 4 is 58.5 Å². The summed E-state index contributed by atoms with van der Waals surface area (Å²) in [6, 6.07) is 27.2. The largest absolute Gasteiger partial charge is 0.325 e. The summed E-state index contributed by atoms with van der Waals surface area (Å²) in [7, 11) is 0. The molecule has 0 atom stereocenters. The number of rotatable bonds is 11. The smallest absolute Gasteiger partial charge is 0.234 e. The third-order valence-electron chi connectivity index (χ3n) is 5.50. The van der Waals surface area contributed by atoms with Gasteiger partial charge in [-0.1, -0.05) is 89.2 Å². The number of hydrogen-bond donors (Lipinski definition) is 2. The molecule has 0 aliphatic carbocycles. The number of aryl methyl sites for hydroxylation is 2. The maximum atomic E-state index is 12.6. The summed E-state index contributed by atoms with van der Waals surface area (Å²) < 4.78 is 0. The van der Waals surface area contributed by atoms with Crippen molar-refractivity contribution in [3.8, 4) is 6.07 Å². The maximum Gasteiger partial charge on any atom is 0.234 e. The number of nitrogens with zero attached hydrogens (tertiary/aromatic N) is 3. The first kappa shape index (κ1) is 29.2. The van der Waals surface area contributed by atoms with Crippen LogP contribution in [0, 0.1) is 25.2 Å². The molecule has 40 heavy (non-hydrogen) atoms. The first-order valence-electron chi connectivity index (χ1n) is 12.4. The van der Waals surface area contributed by atoms with Crippen LogP contribution >= 0.6 is 35.3 Å². The Bertz CT molecular complexity index is 1510. The van der Waals surface area contributed by atoms with Gasteiger partial charge in [-0.05, 0) is 43.7 Å². The van der Waals surface area contributed by atoms with E-state index < -0.39 is 0 Å². The molecule has 0 bridgehead atoms. The van der Waals surface area contributed by atoms with Crippen molar-refractivity contribution in [1.29, 1.82) is 5.26 Å². The van der Waals surface area contributed by atoms with Crippen LogP contribution in [-0.2, 0) is 15.3 Å². The molecular formula is C30H27N5O2S3. The van der Waals surface area contributed by atoms with Crippen LogP contribution in [0.3, 0.4) is 0 Å². The van der Waals surface area contributed by atoms with Gasteiger partial charge in [0.1, 0.15) is 21.7 Å². The summed E-state index contributed by atoms with van der Waals surface area (Å²) in [5.41, 5.74) is 5.04. The zero-order chi connectivity index (χ0) is 28.3. The highest BCUT2D eigenvalue weighted by Gasteiger charge is 2.18. The van der Waals surface area contributed by atoms with Crippen LogP contribution in [0.15, 0.2) is 94.1 Å². The highest BCUT2D eigenvalue weighted by Crippen LogP contribution is 2.32. The fourth-order valence-corrected chi connectivity index (χ4v) is 5.96. The lowest BCUT2D eigenvalue weighted by atomic mass is 10.2. The van der Waals surface area contributed by atoms with E-state index in [1.165, 1.54) is 35.3 Å². The summed E-state index contributed by atoms with van der Waals surface area (Å²) >= 11 is 3.79. The lowest BCUT2D eigenvalue weighted by molar-refractivity contribution is -0.114. The molecule has 0 spiro atoms. The first-order valence-corrected chi connectivity index (χ1v) is 15.3. The van der Waals surface area contributed by atoms with Gasteiger partial charge >= 0.3 is 0 Å². The van der Waals surface area contributed by atoms with Crippen molar-refractivity contribution in [2.75, 3.05) is 22.1 Å². The molecule has 0 fully saturated rings. The molecule has 2 amide bonds. The van der Waals surface area contributed by atoms with Crippen molar-refractivity contribution in [3.63, 3.8) is 0 Å². The number of carbonyl (C=O) groups excluding carboxylic acids is 2. The summed E-state index contributed by atoms with van der Waals surface area (Å²) in [5.74, 6) is 0.386. The molecule has 0 aliphatic rings. The van der Waals surface area contributed by atoms with E-state index in [2.05, 4.69) is 26.7 Å². The van der Waals surface area contributed by atoms with Gasteiger partial charge in [0.25, 0.3) is 0 Å². The molecular weight excluding hydrogens is 559 g/mol. The fraction of sp³-hybridized carbons (Fsp3) is 0.167. The molecule has 0 unspecified atom stereocenters. The van der Waals surface area contributed by atoms with E-state index in [0.717, 1.165) is 16.7 Å². The van der Waals surface area contributed by atoms with E-state index in [4.69, 9.17) is 0 Å². The van der Waals surface area contributed by atoms with Crippen molar-refractivity contribution in [3.05, 3.63) is 101 Å². The molecule has 3 aromatic carbocycles. The van der Waals surface area contributed by atoms with E-state index in [9.17, 15) is 14.9 Å². The molecule has 0 saturated carbocycles. The van der Waals surface area contributed by atoms with Crippen LogP contribution in [-0.4, -0.2) is 33.3 Å². The van der Waals surface area contributed by atoms with Gasteiger partial charge in [0.2, 0.25) is 11.8 Å². The predicted molar refractivity (Wildman–Crippen MR) is 164 cm³/mol. The van der Waals surface area contributed by atoms with Crippen LogP contribution < -0.4 is 10.6 Å². The number of thioether (sulfide) groups is 3. The molecule has 2 N–H and O–H groups in total. The van der Waals surface area contributed by atoms with Crippen molar-refractivity contribution in [2.24, 2.45) is 0 Å². The number of benzene rings is 3. The highest BCUT2D eigenvalue weighted by molar-refractivity contribution is 8.01.